The van der Waals surface area contributed by atoms with Crippen molar-refractivity contribution >= 4 is 43.5 Å². The Morgan fingerprint density at radius 3 is 2.46 bits per heavy atom. The predicted octanol–water partition coefficient (Wildman–Crippen LogP) is 4.40. The molecule has 0 radical (unpaired) electrons. The molecule has 1 unspecified atom stereocenters. The van der Waals surface area contributed by atoms with Crippen LogP contribution in [0.25, 0.3) is 0 Å². The SMILES string of the molecule is CCC(C(=O)NC1CCCC1)N(Cc1cccc(OC)c1)C(=O)CN(c1ccc(Br)c(C)c1)S(C)(=O)=O. The first-order valence-electron chi connectivity index (χ1n) is 12.5. The third-order valence-corrected chi connectivity index (χ3v) is 8.71. The van der Waals surface area contributed by atoms with Crippen LogP contribution in [0.2, 0.25) is 0 Å². The summed E-state index contributed by atoms with van der Waals surface area (Å²) in [6, 6.07) is 11.8. The van der Waals surface area contributed by atoms with Crippen LogP contribution < -0.4 is 14.4 Å². The van der Waals surface area contributed by atoms with Gasteiger partial charge in [0.15, 0.2) is 0 Å². The van der Waals surface area contributed by atoms with E-state index in [0.29, 0.717) is 17.9 Å². The summed E-state index contributed by atoms with van der Waals surface area (Å²) in [6.07, 6.45) is 5.47. The Bertz CT molecular complexity index is 1210. The lowest BCUT2D eigenvalue weighted by molar-refractivity contribution is -0.140. The highest BCUT2D eigenvalue weighted by Crippen LogP contribution is 2.26. The van der Waals surface area contributed by atoms with E-state index >= 15 is 0 Å². The molecule has 0 spiro atoms. The molecule has 10 heteroatoms. The van der Waals surface area contributed by atoms with Gasteiger partial charge in [0.1, 0.15) is 18.3 Å². The molecule has 0 heterocycles. The standard InChI is InChI=1S/C27H36BrN3O5S/c1-5-25(27(33)29-21-10-6-7-11-21)30(17-20-9-8-12-23(16-20)36-3)26(32)18-31(37(4,34)35)22-13-14-24(28)19(2)15-22/h8-9,12-16,21,25H,5-7,10-11,17-18H2,1-4H3,(H,29,33). The van der Waals surface area contributed by atoms with E-state index in [4.69, 9.17) is 4.74 Å². The van der Waals surface area contributed by atoms with E-state index in [0.717, 1.165) is 51.8 Å². The van der Waals surface area contributed by atoms with Crippen LogP contribution in [-0.2, 0) is 26.2 Å². The van der Waals surface area contributed by atoms with Crippen molar-refractivity contribution in [2.24, 2.45) is 0 Å². The molecule has 202 valence electrons. The van der Waals surface area contributed by atoms with Crippen LogP contribution in [0.4, 0.5) is 5.69 Å². The highest BCUT2D eigenvalue weighted by atomic mass is 79.9. The number of rotatable bonds is 11. The number of ether oxygens (including phenoxy) is 1. The fraction of sp³-hybridized carbons (Fsp3) is 0.481. The van der Waals surface area contributed by atoms with Gasteiger partial charge in [0.2, 0.25) is 21.8 Å². The van der Waals surface area contributed by atoms with Crippen molar-refractivity contribution in [3.8, 4) is 5.75 Å². The highest BCUT2D eigenvalue weighted by molar-refractivity contribution is 9.10. The average Bonchev–Trinajstić information content (AvgIpc) is 3.36. The summed E-state index contributed by atoms with van der Waals surface area (Å²) >= 11 is 3.43. The van der Waals surface area contributed by atoms with Gasteiger partial charge in [0, 0.05) is 17.1 Å². The summed E-state index contributed by atoms with van der Waals surface area (Å²) in [5.74, 6) is -0.0327. The Hall–Kier alpha value is -2.59. The Kier molecular flexibility index (Phi) is 10.0. The fourth-order valence-electron chi connectivity index (χ4n) is 4.65. The zero-order chi connectivity index (χ0) is 27.2. The quantitative estimate of drug-likeness (QED) is 0.416. The Balaban J connectivity index is 1.94. The molecule has 2 aromatic carbocycles. The minimum Gasteiger partial charge on any atom is -0.497 e. The first-order valence-corrected chi connectivity index (χ1v) is 15.1. The van der Waals surface area contributed by atoms with Crippen molar-refractivity contribution < 1.29 is 22.7 Å². The maximum Gasteiger partial charge on any atom is 0.244 e. The molecule has 0 bridgehead atoms. The van der Waals surface area contributed by atoms with E-state index in [9.17, 15) is 18.0 Å². The molecule has 0 aliphatic heterocycles. The second-order valence-corrected chi connectivity index (χ2v) is 12.3. The van der Waals surface area contributed by atoms with Gasteiger partial charge in [-0.1, -0.05) is 47.8 Å². The van der Waals surface area contributed by atoms with Gasteiger partial charge in [-0.2, -0.15) is 0 Å². The number of hydrogen-bond acceptors (Lipinski definition) is 5. The van der Waals surface area contributed by atoms with Crippen LogP contribution in [-0.4, -0.2) is 57.1 Å². The Labute approximate surface area is 228 Å². The zero-order valence-corrected chi connectivity index (χ0v) is 24.3. The van der Waals surface area contributed by atoms with Gasteiger partial charge in [-0.05, 0) is 67.6 Å². The van der Waals surface area contributed by atoms with Gasteiger partial charge in [0.25, 0.3) is 0 Å². The van der Waals surface area contributed by atoms with Gasteiger partial charge in [-0.15, -0.1) is 0 Å². The highest BCUT2D eigenvalue weighted by Gasteiger charge is 2.33. The first kappa shape index (κ1) is 29.0. The average molecular weight is 595 g/mol. The molecule has 37 heavy (non-hydrogen) atoms. The largest absolute Gasteiger partial charge is 0.497 e. The van der Waals surface area contributed by atoms with E-state index in [1.807, 2.05) is 32.0 Å². The number of amides is 2. The van der Waals surface area contributed by atoms with Crippen LogP contribution in [0.1, 0.15) is 50.2 Å². The van der Waals surface area contributed by atoms with E-state index in [1.165, 1.54) is 4.90 Å². The predicted molar refractivity (Wildman–Crippen MR) is 149 cm³/mol. The number of methoxy groups -OCH3 is 1. The minimum atomic E-state index is -3.78. The van der Waals surface area contributed by atoms with E-state index in [-0.39, 0.29) is 18.5 Å². The van der Waals surface area contributed by atoms with Crippen molar-refractivity contribution in [3.05, 3.63) is 58.1 Å². The number of nitrogens with zero attached hydrogens (tertiary/aromatic N) is 2. The van der Waals surface area contributed by atoms with Crippen LogP contribution in [0.5, 0.6) is 5.75 Å². The zero-order valence-electron chi connectivity index (χ0n) is 21.9. The number of sulfonamides is 1. The van der Waals surface area contributed by atoms with Crippen molar-refractivity contribution in [2.75, 3.05) is 24.2 Å². The van der Waals surface area contributed by atoms with Crippen molar-refractivity contribution in [3.63, 3.8) is 0 Å². The van der Waals surface area contributed by atoms with Gasteiger partial charge in [-0.25, -0.2) is 8.42 Å². The number of carbonyl (C=O) groups excluding carboxylic acids is 2. The van der Waals surface area contributed by atoms with Crippen molar-refractivity contribution in [2.45, 2.75) is 64.6 Å². The summed E-state index contributed by atoms with van der Waals surface area (Å²) < 4.78 is 32.8. The molecule has 3 rings (SSSR count). The van der Waals surface area contributed by atoms with E-state index < -0.39 is 28.5 Å². The number of anilines is 1. The van der Waals surface area contributed by atoms with E-state index in [2.05, 4.69) is 21.2 Å². The van der Waals surface area contributed by atoms with Crippen LogP contribution in [0, 0.1) is 6.92 Å². The molecule has 1 saturated carbocycles. The Morgan fingerprint density at radius 1 is 1.16 bits per heavy atom. The second-order valence-electron chi connectivity index (χ2n) is 9.49. The van der Waals surface area contributed by atoms with Crippen LogP contribution in [0.15, 0.2) is 46.9 Å². The summed E-state index contributed by atoms with van der Waals surface area (Å²) in [4.78, 5) is 28.7. The summed E-state index contributed by atoms with van der Waals surface area (Å²) in [6.45, 7) is 3.43. The summed E-state index contributed by atoms with van der Waals surface area (Å²) in [7, 11) is -2.22. The summed E-state index contributed by atoms with van der Waals surface area (Å²) in [5.41, 5.74) is 2.01. The first-order chi connectivity index (χ1) is 17.5. The third kappa shape index (κ3) is 7.70. The van der Waals surface area contributed by atoms with Crippen LogP contribution >= 0.6 is 15.9 Å². The molecule has 8 nitrogen and oxygen atoms in total. The van der Waals surface area contributed by atoms with Gasteiger partial charge >= 0.3 is 0 Å². The summed E-state index contributed by atoms with van der Waals surface area (Å²) in [5, 5.41) is 3.11. The van der Waals surface area contributed by atoms with E-state index in [1.54, 1.807) is 31.4 Å². The molecule has 1 fully saturated rings. The molecular formula is C27H36BrN3O5S. The second kappa shape index (κ2) is 12.8. The molecular weight excluding hydrogens is 558 g/mol. The van der Waals surface area contributed by atoms with Crippen LogP contribution in [0.3, 0.4) is 0 Å². The molecule has 1 aliphatic rings. The van der Waals surface area contributed by atoms with Gasteiger partial charge in [0.05, 0.1) is 19.1 Å². The lowest BCUT2D eigenvalue weighted by Crippen LogP contribution is -2.53. The van der Waals surface area contributed by atoms with Gasteiger partial charge in [-0.3, -0.25) is 13.9 Å². The smallest absolute Gasteiger partial charge is 0.244 e. The molecule has 1 N–H and O–H groups in total. The number of aryl methyl sites for hydroxylation is 1. The molecule has 1 atom stereocenters. The maximum absolute atomic E-state index is 13.8. The number of carbonyl (C=O) groups is 2. The monoisotopic (exact) mass is 593 g/mol. The molecule has 2 aromatic rings. The van der Waals surface area contributed by atoms with Crippen molar-refractivity contribution in [1.82, 2.24) is 10.2 Å². The molecule has 0 saturated heterocycles. The lowest BCUT2D eigenvalue weighted by atomic mass is 10.1. The number of halogens is 1. The molecule has 0 aromatic heterocycles. The van der Waals surface area contributed by atoms with Gasteiger partial charge < -0.3 is 15.0 Å². The molecule has 1 aliphatic carbocycles. The number of hydrogen-bond donors (Lipinski definition) is 1. The lowest BCUT2D eigenvalue weighted by Gasteiger charge is -2.33. The van der Waals surface area contributed by atoms with Crippen molar-refractivity contribution in [1.29, 1.82) is 0 Å². The minimum absolute atomic E-state index is 0.105. The molecule has 2 amide bonds. The topological polar surface area (TPSA) is 96.0 Å². The maximum atomic E-state index is 13.8. The normalized spacial score (nSPS) is 14.7. The number of nitrogens with one attached hydrogen (secondary N) is 1. The third-order valence-electron chi connectivity index (χ3n) is 6.68. The fourth-order valence-corrected chi connectivity index (χ4v) is 5.74. The Morgan fingerprint density at radius 2 is 1.86 bits per heavy atom. The number of benzene rings is 2.